The topological polar surface area (TPSA) is 50.2 Å². The van der Waals surface area contributed by atoms with E-state index in [0.717, 1.165) is 16.3 Å². The number of anilines is 1. The van der Waals surface area contributed by atoms with Gasteiger partial charge in [0.1, 0.15) is 5.82 Å². The normalized spacial score (nSPS) is 11.1. The van der Waals surface area contributed by atoms with Crippen molar-refractivity contribution >= 4 is 34.4 Å². The molecule has 0 bridgehead atoms. The van der Waals surface area contributed by atoms with Gasteiger partial charge in [-0.25, -0.2) is 4.39 Å². The zero-order valence-electron chi connectivity index (χ0n) is 10.8. The lowest BCUT2D eigenvalue weighted by Gasteiger charge is -2.04. The van der Waals surface area contributed by atoms with Gasteiger partial charge in [0.2, 0.25) is 0 Å². The van der Waals surface area contributed by atoms with Crippen LogP contribution in [-0.2, 0) is 0 Å². The maximum atomic E-state index is 12.8. The molecule has 3 aromatic rings. The van der Waals surface area contributed by atoms with Crippen LogP contribution in [0.4, 0.5) is 10.2 Å². The molecule has 0 aliphatic heterocycles. The van der Waals surface area contributed by atoms with Gasteiger partial charge < -0.3 is 0 Å². The molecule has 104 valence electrons. The van der Waals surface area contributed by atoms with Crippen molar-refractivity contribution in [1.29, 1.82) is 0 Å². The van der Waals surface area contributed by atoms with Crippen LogP contribution in [0.5, 0.6) is 0 Å². The number of hydrazone groups is 1. The lowest BCUT2D eigenvalue weighted by atomic mass is 10.2. The summed E-state index contributed by atoms with van der Waals surface area (Å²) >= 11 is 6.00. The van der Waals surface area contributed by atoms with Gasteiger partial charge in [0.25, 0.3) is 0 Å². The van der Waals surface area contributed by atoms with Crippen molar-refractivity contribution in [3.63, 3.8) is 0 Å². The molecule has 0 amide bonds. The van der Waals surface area contributed by atoms with E-state index in [4.69, 9.17) is 11.6 Å². The maximum Gasteiger partial charge on any atom is 0.176 e. The number of fused-ring (bicyclic) bond motifs is 1. The van der Waals surface area contributed by atoms with E-state index in [-0.39, 0.29) is 5.82 Å². The SMILES string of the molecule is Fc1ccc(/C=N\Nc2nnc(Cl)c3ccccc23)cc1. The molecular weight excluding hydrogens is 291 g/mol. The second-order valence-electron chi connectivity index (χ2n) is 4.31. The first-order valence-corrected chi connectivity index (χ1v) is 6.57. The third kappa shape index (κ3) is 2.98. The first-order valence-electron chi connectivity index (χ1n) is 6.19. The van der Waals surface area contributed by atoms with Crippen LogP contribution in [0, 0.1) is 5.82 Å². The van der Waals surface area contributed by atoms with Gasteiger partial charge in [-0.3, -0.25) is 5.43 Å². The van der Waals surface area contributed by atoms with Crippen LogP contribution in [0.1, 0.15) is 5.56 Å². The number of aromatic nitrogens is 2. The van der Waals surface area contributed by atoms with Crippen LogP contribution in [-0.4, -0.2) is 16.4 Å². The highest BCUT2D eigenvalue weighted by atomic mass is 35.5. The van der Waals surface area contributed by atoms with E-state index in [9.17, 15) is 4.39 Å². The van der Waals surface area contributed by atoms with E-state index in [1.165, 1.54) is 12.1 Å². The molecule has 21 heavy (non-hydrogen) atoms. The molecule has 0 atom stereocenters. The molecule has 6 heteroatoms. The average molecular weight is 301 g/mol. The minimum Gasteiger partial charge on any atom is -0.259 e. The van der Waals surface area contributed by atoms with E-state index in [1.54, 1.807) is 18.3 Å². The third-order valence-electron chi connectivity index (χ3n) is 2.90. The Morgan fingerprint density at radius 2 is 1.71 bits per heavy atom. The molecule has 0 aliphatic rings. The van der Waals surface area contributed by atoms with Gasteiger partial charge >= 0.3 is 0 Å². The summed E-state index contributed by atoms with van der Waals surface area (Å²) in [5, 5.41) is 13.9. The predicted molar refractivity (Wildman–Crippen MR) is 82.2 cm³/mol. The molecule has 0 aliphatic carbocycles. The smallest absolute Gasteiger partial charge is 0.176 e. The Labute approximate surface area is 125 Å². The van der Waals surface area contributed by atoms with Crippen LogP contribution >= 0.6 is 11.6 Å². The van der Waals surface area contributed by atoms with Gasteiger partial charge in [0, 0.05) is 10.8 Å². The van der Waals surface area contributed by atoms with Crippen molar-refractivity contribution in [2.24, 2.45) is 5.10 Å². The lowest BCUT2D eigenvalue weighted by molar-refractivity contribution is 0.628. The molecule has 1 N–H and O–H groups in total. The predicted octanol–water partition coefficient (Wildman–Crippen LogP) is 3.87. The Hall–Kier alpha value is -2.53. The average Bonchev–Trinajstić information content (AvgIpc) is 2.52. The monoisotopic (exact) mass is 300 g/mol. The molecule has 0 radical (unpaired) electrons. The van der Waals surface area contributed by atoms with E-state index in [2.05, 4.69) is 20.7 Å². The zero-order chi connectivity index (χ0) is 14.7. The van der Waals surface area contributed by atoms with Gasteiger partial charge in [0.15, 0.2) is 11.0 Å². The summed E-state index contributed by atoms with van der Waals surface area (Å²) in [4.78, 5) is 0. The Kier molecular flexibility index (Phi) is 3.75. The van der Waals surface area contributed by atoms with Gasteiger partial charge in [0.05, 0.1) is 6.21 Å². The van der Waals surface area contributed by atoms with Gasteiger partial charge in [-0.15, -0.1) is 10.2 Å². The van der Waals surface area contributed by atoms with Gasteiger partial charge in [-0.05, 0) is 17.7 Å². The fourth-order valence-corrected chi connectivity index (χ4v) is 2.07. The highest BCUT2D eigenvalue weighted by Gasteiger charge is 2.05. The molecule has 3 rings (SSSR count). The molecular formula is C15H10ClFN4. The fourth-order valence-electron chi connectivity index (χ4n) is 1.87. The second kappa shape index (κ2) is 5.85. The van der Waals surface area contributed by atoms with Crippen molar-refractivity contribution in [3.8, 4) is 0 Å². The minimum atomic E-state index is -0.283. The third-order valence-corrected chi connectivity index (χ3v) is 3.18. The highest BCUT2D eigenvalue weighted by molar-refractivity contribution is 6.34. The first-order chi connectivity index (χ1) is 10.2. The van der Waals surface area contributed by atoms with Crippen molar-refractivity contribution < 1.29 is 4.39 Å². The molecule has 0 saturated carbocycles. The summed E-state index contributed by atoms with van der Waals surface area (Å²) in [7, 11) is 0. The first kappa shape index (κ1) is 13.5. The van der Waals surface area contributed by atoms with Crippen LogP contribution in [0.25, 0.3) is 10.8 Å². The number of nitrogens with zero attached hydrogens (tertiary/aromatic N) is 3. The lowest BCUT2D eigenvalue weighted by Crippen LogP contribution is -1.97. The molecule has 0 fully saturated rings. The number of halogens is 2. The molecule has 1 heterocycles. The zero-order valence-corrected chi connectivity index (χ0v) is 11.5. The van der Waals surface area contributed by atoms with Crippen molar-refractivity contribution in [1.82, 2.24) is 10.2 Å². The van der Waals surface area contributed by atoms with E-state index < -0.39 is 0 Å². The Morgan fingerprint density at radius 3 is 2.48 bits per heavy atom. The summed E-state index contributed by atoms with van der Waals surface area (Å²) in [6.45, 7) is 0. The molecule has 0 saturated heterocycles. The Bertz CT molecular complexity index is 802. The fraction of sp³-hybridized carbons (Fsp3) is 0. The summed E-state index contributed by atoms with van der Waals surface area (Å²) in [5.74, 6) is 0.225. The quantitative estimate of drug-likeness (QED) is 0.590. The Balaban J connectivity index is 1.85. The summed E-state index contributed by atoms with van der Waals surface area (Å²) in [6, 6.07) is 13.5. The minimum absolute atomic E-state index is 0.283. The van der Waals surface area contributed by atoms with E-state index in [1.807, 2.05) is 24.3 Å². The summed E-state index contributed by atoms with van der Waals surface area (Å²) in [5.41, 5.74) is 3.59. The van der Waals surface area contributed by atoms with Crippen molar-refractivity contribution in [3.05, 3.63) is 65.1 Å². The Morgan fingerprint density at radius 1 is 1.00 bits per heavy atom. The summed E-state index contributed by atoms with van der Waals surface area (Å²) in [6.07, 6.45) is 1.57. The molecule has 0 spiro atoms. The molecule has 0 unspecified atom stereocenters. The van der Waals surface area contributed by atoms with Crippen molar-refractivity contribution in [2.45, 2.75) is 0 Å². The number of rotatable bonds is 3. The molecule has 1 aromatic heterocycles. The number of hydrogen-bond acceptors (Lipinski definition) is 4. The van der Waals surface area contributed by atoms with Gasteiger partial charge in [-0.1, -0.05) is 48.0 Å². The number of nitrogens with one attached hydrogen (secondary N) is 1. The standard InChI is InChI=1S/C15H10ClFN4/c16-14-12-3-1-2-4-13(12)15(21-19-14)20-18-9-10-5-7-11(17)8-6-10/h1-9H,(H,20,21)/b18-9-. The van der Waals surface area contributed by atoms with Crippen LogP contribution in [0.3, 0.4) is 0 Å². The second-order valence-corrected chi connectivity index (χ2v) is 4.66. The highest BCUT2D eigenvalue weighted by Crippen LogP contribution is 2.25. The maximum absolute atomic E-state index is 12.8. The molecule has 2 aromatic carbocycles. The van der Waals surface area contributed by atoms with E-state index in [0.29, 0.717) is 11.0 Å². The number of benzene rings is 2. The molecule has 4 nitrogen and oxygen atoms in total. The van der Waals surface area contributed by atoms with Crippen LogP contribution in [0.15, 0.2) is 53.6 Å². The van der Waals surface area contributed by atoms with Gasteiger partial charge in [-0.2, -0.15) is 5.10 Å². The largest absolute Gasteiger partial charge is 0.259 e. The number of hydrogen-bond donors (Lipinski definition) is 1. The van der Waals surface area contributed by atoms with Crippen LogP contribution in [0.2, 0.25) is 5.15 Å². The van der Waals surface area contributed by atoms with Crippen molar-refractivity contribution in [2.75, 3.05) is 5.43 Å². The van der Waals surface area contributed by atoms with E-state index >= 15 is 0 Å². The summed E-state index contributed by atoms with van der Waals surface area (Å²) < 4.78 is 12.8. The van der Waals surface area contributed by atoms with Crippen LogP contribution < -0.4 is 5.43 Å².